The van der Waals surface area contributed by atoms with E-state index in [1.165, 1.54) is 23.8 Å². The maximum Gasteiger partial charge on any atom is 0.316 e. The lowest BCUT2D eigenvalue weighted by atomic mass is 9.88. The Morgan fingerprint density at radius 3 is 2.35 bits per heavy atom. The number of carbonyl (C=O) groups excluding carboxylic acids is 1. The van der Waals surface area contributed by atoms with Gasteiger partial charge in [-0.15, -0.1) is 0 Å². The summed E-state index contributed by atoms with van der Waals surface area (Å²) in [6, 6.07) is 10.6. The van der Waals surface area contributed by atoms with Crippen molar-refractivity contribution in [3.05, 3.63) is 47.5 Å². The third-order valence-corrected chi connectivity index (χ3v) is 3.46. The van der Waals surface area contributed by atoms with Crippen LogP contribution in [0.5, 0.6) is 5.75 Å². The van der Waals surface area contributed by atoms with Gasteiger partial charge in [-0.05, 0) is 35.2 Å². The Morgan fingerprint density at radius 1 is 1.26 bits per heavy atom. The molecule has 0 heterocycles. The first-order chi connectivity index (χ1) is 10.9. The summed E-state index contributed by atoms with van der Waals surface area (Å²) in [4.78, 5) is 21.4. The fraction of sp³-hybridized carbons (Fsp3) is 0.176. The van der Waals surface area contributed by atoms with E-state index in [1.54, 1.807) is 18.2 Å². The van der Waals surface area contributed by atoms with Gasteiger partial charge in [-0.2, -0.15) is 0 Å². The van der Waals surface area contributed by atoms with E-state index in [0.29, 0.717) is 17.0 Å². The topological polar surface area (TPSA) is 102 Å². The van der Waals surface area contributed by atoms with Crippen LogP contribution in [0.1, 0.15) is 11.1 Å². The summed E-state index contributed by atoms with van der Waals surface area (Å²) in [6.07, 6.45) is -0.215. The molecule has 23 heavy (non-hydrogen) atoms. The molecular formula is C17H18N2O4. The Kier molecular flexibility index (Phi) is 4.85. The number of methoxy groups -OCH3 is 1. The molecule has 0 aromatic heterocycles. The van der Waals surface area contributed by atoms with Gasteiger partial charge in [0.15, 0.2) is 0 Å². The molecule has 6 nitrogen and oxygen atoms in total. The fourth-order valence-electron chi connectivity index (χ4n) is 2.30. The molecule has 0 fully saturated rings. The minimum atomic E-state index is -0.999. The van der Waals surface area contributed by atoms with Gasteiger partial charge < -0.3 is 20.9 Å². The van der Waals surface area contributed by atoms with Crippen molar-refractivity contribution < 1.29 is 19.4 Å². The van der Waals surface area contributed by atoms with Crippen LogP contribution in [0, 0.1) is 6.92 Å². The highest BCUT2D eigenvalue weighted by Crippen LogP contribution is 2.35. The average Bonchev–Trinajstić information content (AvgIpc) is 2.46. The molecule has 0 radical (unpaired) electrons. The minimum Gasteiger partial charge on any atom is -0.495 e. The van der Waals surface area contributed by atoms with Crippen molar-refractivity contribution in [1.82, 2.24) is 0 Å². The summed E-state index contributed by atoms with van der Waals surface area (Å²) >= 11 is 0. The molecule has 120 valence electrons. The van der Waals surface area contributed by atoms with Crippen molar-refractivity contribution in [2.24, 2.45) is 5.73 Å². The average molecular weight is 314 g/mol. The minimum absolute atomic E-state index is 0.215. The van der Waals surface area contributed by atoms with Crippen LogP contribution in [0.15, 0.2) is 36.4 Å². The number of aliphatic carboxylic acids is 1. The molecular weight excluding hydrogens is 296 g/mol. The second-order valence-electron chi connectivity index (χ2n) is 5.08. The number of urea groups is 1. The van der Waals surface area contributed by atoms with Crippen molar-refractivity contribution in [2.75, 3.05) is 12.4 Å². The van der Waals surface area contributed by atoms with Gasteiger partial charge in [-0.25, -0.2) is 4.79 Å². The number of hydrogen-bond acceptors (Lipinski definition) is 3. The fourth-order valence-corrected chi connectivity index (χ4v) is 2.30. The number of nitrogens with one attached hydrogen (secondary N) is 1. The molecule has 0 saturated heterocycles. The highest BCUT2D eigenvalue weighted by molar-refractivity contribution is 5.91. The monoisotopic (exact) mass is 314 g/mol. The lowest BCUT2D eigenvalue weighted by molar-refractivity contribution is -0.136. The second kappa shape index (κ2) is 6.83. The van der Waals surface area contributed by atoms with Crippen molar-refractivity contribution in [1.29, 1.82) is 0 Å². The molecule has 0 atom stereocenters. The molecule has 1 aromatic rings. The molecule has 0 saturated carbocycles. The van der Waals surface area contributed by atoms with Crippen LogP contribution >= 0.6 is 0 Å². The first-order valence-electron chi connectivity index (χ1n) is 6.97. The van der Waals surface area contributed by atoms with Gasteiger partial charge >= 0.3 is 12.0 Å². The van der Waals surface area contributed by atoms with Crippen LogP contribution in [0.25, 0.3) is 11.1 Å². The standard InChI is InChI=1S/C10H12N2O4.C7H6/c1-16-7-4-2-3-6(5-8(13)14)9(7)12-10(11)15;1-5-4-6-2-3-7(5)6/h2-4H,5H2,1H3,(H,13,14)(H3,11,12,15);2-4H,1H3. The van der Waals surface area contributed by atoms with Gasteiger partial charge in [0.2, 0.25) is 0 Å². The predicted octanol–water partition coefficient (Wildman–Crippen LogP) is 2.79. The number of nitrogens with two attached hydrogens (primary N) is 1. The smallest absolute Gasteiger partial charge is 0.316 e. The number of anilines is 1. The van der Waals surface area contributed by atoms with E-state index in [-0.39, 0.29) is 6.42 Å². The largest absolute Gasteiger partial charge is 0.495 e. The number of hydrogen-bond donors (Lipinski definition) is 3. The number of rotatable bonds is 4. The van der Waals surface area contributed by atoms with Gasteiger partial charge in [0, 0.05) is 0 Å². The normalized spacial score (nSPS) is 10.2. The number of amides is 2. The zero-order valence-electron chi connectivity index (χ0n) is 12.9. The van der Waals surface area contributed by atoms with Crippen LogP contribution in [0.4, 0.5) is 10.5 Å². The van der Waals surface area contributed by atoms with Crippen LogP contribution in [-0.2, 0) is 11.2 Å². The van der Waals surface area contributed by atoms with Crippen molar-refractivity contribution >= 4 is 17.7 Å². The zero-order chi connectivity index (χ0) is 17.0. The Morgan fingerprint density at radius 2 is 2.00 bits per heavy atom. The number of carboxylic acids is 1. The van der Waals surface area contributed by atoms with Crippen LogP contribution in [-0.4, -0.2) is 24.2 Å². The predicted molar refractivity (Wildman–Crippen MR) is 87.7 cm³/mol. The van der Waals surface area contributed by atoms with Crippen LogP contribution in [0.3, 0.4) is 0 Å². The maximum atomic E-state index is 10.8. The van der Waals surface area contributed by atoms with Gasteiger partial charge in [-0.3, -0.25) is 4.79 Å². The Balaban J connectivity index is 0.000000223. The number of carbonyl (C=O) groups is 2. The van der Waals surface area contributed by atoms with E-state index in [1.807, 2.05) is 0 Å². The summed E-state index contributed by atoms with van der Waals surface area (Å²) in [5.74, 6) is -0.627. The van der Waals surface area contributed by atoms with Gasteiger partial charge in [-0.1, -0.05) is 30.3 Å². The van der Waals surface area contributed by atoms with Crippen molar-refractivity contribution in [2.45, 2.75) is 13.3 Å². The molecule has 2 aliphatic carbocycles. The number of carboxylic acid groups (broad SMARTS) is 1. The number of para-hydroxylation sites is 1. The summed E-state index contributed by atoms with van der Waals surface area (Å²) in [6.45, 7) is 2.14. The molecule has 0 spiro atoms. The first-order valence-corrected chi connectivity index (χ1v) is 6.97. The Hall–Kier alpha value is -3.02. The number of ether oxygens (including phenoxy) is 1. The Bertz CT molecular complexity index is 756. The van der Waals surface area contributed by atoms with Gasteiger partial charge in [0.05, 0.1) is 19.2 Å². The quantitative estimate of drug-likeness (QED) is 0.689. The van der Waals surface area contributed by atoms with E-state index in [0.717, 1.165) is 0 Å². The highest BCUT2D eigenvalue weighted by atomic mass is 16.5. The number of primary amides is 1. The molecule has 2 amide bonds. The van der Waals surface area contributed by atoms with Crippen molar-refractivity contribution in [3.8, 4) is 16.9 Å². The lowest BCUT2D eigenvalue weighted by Crippen LogP contribution is -2.21. The first kappa shape index (κ1) is 16.4. The lowest BCUT2D eigenvalue weighted by Gasteiger charge is -2.17. The Labute approximate surface area is 133 Å². The molecule has 1 aromatic carbocycles. The van der Waals surface area contributed by atoms with E-state index < -0.39 is 12.0 Å². The molecule has 0 aliphatic heterocycles. The summed E-state index contributed by atoms with van der Waals surface area (Å²) in [5, 5.41) is 11.1. The van der Waals surface area contributed by atoms with E-state index >= 15 is 0 Å². The molecule has 6 heteroatoms. The maximum absolute atomic E-state index is 10.8. The summed E-state index contributed by atoms with van der Waals surface area (Å²) < 4.78 is 5.01. The third-order valence-electron chi connectivity index (χ3n) is 3.46. The molecule has 2 aliphatic rings. The summed E-state index contributed by atoms with van der Waals surface area (Å²) in [7, 11) is 1.42. The van der Waals surface area contributed by atoms with Crippen molar-refractivity contribution in [3.63, 3.8) is 0 Å². The third kappa shape index (κ3) is 3.79. The zero-order valence-corrected chi connectivity index (χ0v) is 12.9. The van der Waals surface area contributed by atoms with Gasteiger partial charge in [0.1, 0.15) is 5.75 Å². The second-order valence-corrected chi connectivity index (χ2v) is 5.08. The molecule has 3 rings (SSSR count). The molecule has 0 bridgehead atoms. The van der Waals surface area contributed by atoms with E-state index in [4.69, 9.17) is 15.6 Å². The van der Waals surface area contributed by atoms with E-state index in [9.17, 15) is 9.59 Å². The number of fused-ring (bicyclic) bond motifs is 1. The highest BCUT2D eigenvalue weighted by Gasteiger charge is 2.13. The van der Waals surface area contributed by atoms with E-state index in [2.05, 4.69) is 30.4 Å². The summed E-state index contributed by atoms with van der Waals surface area (Å²) in [5.41, 5.74) is 10.1. The SMILES string of the molecule is COc1cccc(CC(=O)O)c1NC(N)=O.Cc1cc2ccc1-2. The van der Waals surface area contributed by atoms with Crippen LogP contribution < -0.4 is 15.8 Å². The molecule has 4 N–H and O–H groups in total. The van der Waals surface area contributed by atoms with Gasteiger partial charge in [0.25, 0.3) is 0 Å². The molecule has 0 unspecified atom stereocenters. The number of benzene rings is 2. The number of aryl methyl sites for hydroxylation is 1. The van der Waals surface area contributed by atoms with Crippen LogP contribution in [0.2, 0.25) is 0 Å².